The number of hydrogen-bond donors (Lipinski definition) is 1. The maximum absolute atomic E-state index is 13.5. The molecule has 0 heterocycles. The van der Waals surface area contributed by atoms with E-state index in [0.29, 0.717) is 19.2 Å². The van der Waals surface area contributed by atoms with Gasteiger partial charge in [0.1, 0.15) is 11.6 Å². The van der Waals surface area contributed by atoms with Crippen LogP contribution in [0.5, 0.6) is 0 Å². The van der Waals surface area contributed by atoms with Crippen molar-refractivity contribution in [2.24, 2.45) is 0 Å². The molecule has 0 spiro atoms. The Morgan fingerprint density at radius 3 is 2.21 bits per heavy atom. The van der Waals surface area contributed by atoms with Crippen molar-refractivity contribution in [2.75, 3.05) is 25.0 Å². The Balaban J connectivity index is 1.98. The van der Waals surface area contributed by atoms with Crippen molar-refractivity contribution in [3.8, 4) is 0 Å². The highest BCUT2D eigenvalue weighted by atomic mass is 32.2. The number of hydrogen-bond acceptors (Lipinski definition) is 5. The summed E-state index contributed by atoms with van der Waals surface area (Å²) in [6.45, 7) is 3.36. The Kier molecular flexibility index (Phi) is 7.40. The molecule has 0 fully saturated rings. The molecule has 0 aliphatic heterocycles. The molecule has 0 aliphatic rings. The van der Waals surface area contributed by atoms with E-state index in [-0.39, 0.29) is 16.1 Å². The highest BCUT2D eigenvalue weighted by molar-refractivity contribution is 7.89. The minimum absolute atomic E-state index is 0.0299. The Bertz CT molecular complexity index is 990. The van der Waals surface area contributed by atoms with Gasteiger partial charge in [-0.3, -0.25) is 4.79 Å². The molecular weight excluding hydrogens is 406 g/mol. The fourth-order valence-corrected chi connectivity index (χ4v) is 3.93. The van der Waals surface area contributed by atoms with Crippen LogP contribution >= 0.6 is 0 Å². The molecule has 2 aromatic carbocycles. The second kappa shape index (κ2) is 9.57. The number of sulfonamides is 1. The van der Waals surface area contributed by atoms with Crippen LogP contribution in [0.1, 0.15) is 24.2 Å². The first-order valence-electron chi connectivity index (χ1n) is 8.71. The number of amides is 1. The number of anilines is 1. The molecule has 0 radical (unpaired) electrons. The van der Waals surface area contributed by atoms with Crippen molar-refractivity contribution in [1.29, 1.82) is 0 Å². The maximum atomic E-state index is 13.5. The SMILES string of the molecule is CCN(CC)S(=O)(=O)c1ccc(C(=O)OCC(=O)Nc2ccc(F)cc2F)cc1. The van der Waals surface area contributed by atoms with Crippen molar-refractivity contribution in [2.45, 2.75) is 18.7 Å². The zero-order chi connectivity index (χ0) is 21.6. The fourth-order valence-electron chi connectivity index (χ4n) is 2.47. The van der Waals surface area contributed by atoms with Gasteiger partial charge in [-0.1, -0.05) is 13.8 Å². The Hall–Kier alpha value is -2.85. The highest BCUT2D eigenvalue weighted by Crippen LogP contribution is 2.17. The Morgan fingerprint density at radius 1 is 1.03 bits per heavy atom. The Morgan fingerprint density at radius 2 is 1.66 bits per heavy atom. The fraction of sp³-hybridized carbons (Fsp3) is 0.263. The van der Waals surface area contributed by atoms with Crippen LogP contribution in [0.3, 0.4) is 0 Å². The van der Waals surface area contributed by atoms with Crippen LogP contribution in [-0.2, 0) is 19.6 Å². The summed E-state index contributed by atoms with van der Waals surface area (Å²) < 4.78 is 57.3. The van der Waals surface area contributed by atoms with Gasteiger partial charge in [0.25, 0.3) is 5.91 Å². The number of halogens is 2. The van der Waals surface area contributed by atoms with Gasteiger partial charge in [0.15, 0.2) is 6.61 Å². The first kappa shape index (κ1) is 22.4. The summed E-state index contributed by atoms with van der Waals surface area (Å²) >= 11 is 0. The summed E-state index contributed by atoms with van der Waals surface area (Å²) in [7, 11) is -3.66. The quantitative estimate of drug-likeness (QED) is 0.656. The Labute approximate surface area is 167 Å². The molecule has 2 aromatic rings. The van der Waals surface area contributed by atoms with Gasteiger partial charge in [-0.05, 0) is 36.4 Å². The minimum atomic E-state index is -3.66. The third-order valence-electron chi connectivity index (χ3n) is 3.97. The molecular formula is C19H20F2N2O5S. The maximum Gasteiger partial charge on any atom is 0.338 e. The van der Waals surface area contributed by atoms with Crippen LogP contribution in [0, 0.1) is 11.6 Å². The first-order valence-corrected chi connectivity index (χ1v) is 10.1. The normalized spacial score (nSPS) is 11.3. The van der Waals surface area contributed by atoms with E-state index in [1.807, 2.05) is 0 Å². The molecule has 0 unspecified atom stereocenters. The predicted octanol–water partition coefficient (Wildman–Crippen LogP) is 2.79. The molecule has 29 heavy (non-hydrogen) atoms. The van der Waals surface area contributed by atoms with Gasteiger partial charge in [-0.15, -0.1) is 0 Å². The van der Waals surface area contributed by atoms with Gasteiger partial charge in [0.2, 0.25) is 10.0 Å². The zero-order valence-electron chi connectivity index (χ0n) is 15.8. The molecule has 10 heteroatoms. The van der Waals surface area contributed by atoms with Crippen LogP contribution in [0.2, 0.25) is 0 Å². The number of carbonyl (C=O) groups excluding carboxylic acids is 2. The lowest BCUT2D eigenvalue weighted by Gasteiger charge is -2.18. The molecule has 156 valence electrons. The van der Waals surface area contributed by atoms with Crippen LogP contribution in [0.15, 0.2) is 47.4 Å². The van der Waals surface area contributed by atoms with E-state index in [4.69, 9.17) is 4.74 Å². The van der Waals surface area contributed by atoms with E-state index in [9.17, 15) is 26.8 Å². The highest BCUT2D eigenvalue weighted by Gasteiger charge is 2.22. The van der Waals surface area contributed by atoms with Gasteiger partial charge in [0, 0.05) is 19.2 Å². The number of nitrogens with zero attached hydrogens (tertiary/aromatic N) is 1. The molecule has 0 aliphatic carbocycles. The average molecular weight is 426 g/mol. The van der Waals surface area contributed by atoms with Gasteiger partial charge in [0.05, 0.1) is 16.1 Å². The molecule has 2 rings (SSSR count). The topological polar surface area (TPSA) is 92.8 Å². The van der Waals surface area contributed by atoms with Gasteiger partial charge < -0.3 is 10.1 Å². The average Bonchev–Trinajstić information content (AvgIpc) is 2.69. The summed E-state index contributed by atoms with van der Waals surface area (Å²) in [6.07, 6.45) is 0. The molecule has 0 saturated carbocycles. The van der Waals surface area contributed by atoms with E-state index in [1.165, 1.54) is 28.6 Å². The van der Waals surface area contributed by atoms with E-state index in [1.54, 1.807) is 13.8 Å². The summed E-state index contributed by atoms with van der Waals surface area (Å²) in [5, 5.41) is 2.16. The second-order valence-electron chi connectivity index (χ2n) is 5.86. The van der Waals surface area contributed by atoms with Crippen LogP contribution in [0.4, 0.5) is 14.5 Å². The second-order valence-corrected chi connectivity index (χ2v) is 7.80. The number of rotatable bonds is 8. The summed E-state index contributed by atoms with van der Waals surface area (Å²) in [4.78, 5) is 23.8. The molecule has 0 atom stereocenters. The summed E-state index contributed by atoms with van der Waals surface area (Å²) in [5.74, 6) is -3.43. The number of benzene rings is 2. The zero-order valence-corrected chi connectivity index (χ0v) is 16.6. The largest absolute Gasteiger partial charge is 0.452 e. The molecule has 1 amide bonds. The number of esters is 1. The van der Waals surface area contributed by atoms with Crippen LogP contribution in [-0.4, -0.2) is 44.3 Å². The standard InChI is InChI=1S/C19H20F2N2O5S/c1-3-23(4-2)29(26,27)15-8-5-13(6-9-15)19(25)28-12-18(24)22-17-10-7-14(20)11-16(17)21/h5-11H,3-4,12H2,1-2H3,(H,22,24). The number of carbonyl (C=O) groups is 2. The van der Waals surface area contributed by atoms with Gasteiger partial charge in [-0.2, -0.15) is 4.31 Å². The van der Waals surface area contributed by atoms with Crippen LogP contribution in [0.25, 0.3) is 0 Å². The lowest BCUT2D eigenvalue weighted by Crippen LogP contribution is -2.30. The van der Waals surface area contributed by atoms with Crippen molar-refractivity contribution in [1.82, 2.24) is 4.31 Å². The van der Waals surface area contributed by atoms with Gasteiger partial charge >= 0.3 is 5.97 Å². The first-order chi connectivity index (χ1) is 13.7. The molecule has 0 saturated heterocycles. The van der Waals surface area contributed by atoms with Crippen molar-refractivity contribution in [3.63, 3.8) is 0 Å². The van der Waals surface area contributed by atoms with Gasteiger partial charge in [-0.25, -0.2) is 22.0 Å². The predicted molar refractivity (Wildman–Crippen MR) is 102 cm³/mol. The van der Waals surface area contributed by atoms with E-state index in [2.05, 4.69) is 5.32 Å². The van der Waals surface area contributed by atoms with E-state index in [0.717, 1.165) is 12.1 Å². The lowest BCUT2D eigenvalue weighted by molar-refractivity contribution is -0.119. The van der Waals surface area contributed by atoms with Crippen LogP contribution < -0.4 is 5.32 Å². The molecule has 7 nitrogen and oxygen atoms in total. The third kappa shape index (κ3) is 5.58. The molecule has 0 aromatic heterocycles. The van der Waals surface area contributed by atoms with Crippen molar-refractivity contribution in [3.05, 3.63) is 59.7 Å². The summed E-state index contributed by atoms with van der Waals surface area (Å²) in [6, 6.07) is 7.72. The minimum Gasteiger partial charge on any atom is -0.452 e. The van der Waals surface area contributed by atoms with Crippen molar-refractivity contribution < 1.29 is 31.5 Å². The molecule has 1 N–H and O–H groups in total. The number of ether oxygens (including phenoxy) is 1. The van der Waals surface area contributed by atoms with E-state index < -0.39 is 40.1 Å². The third-order valence-corrected chi connectivity index (χ3v) is 6.04. The smallest absolute Gasteiger partial charge is 0.338 e. The summed E-state index contributed by atoms with van der Waals surface area (Å²) in [5.41, 5.74) is -0.206. The lowest BCUT2D eigenvalue weighted by atomic mass is 10.2. The van der Waals surface area contributed by atoms with Crippen molar-refractivity contribution >= 4 is 27.6 Å². The number of nitrogens with one attached hydrogen (secondary N) is 1. The monoisotopic (exact) mass is 426 g/mol. The molecule has 0 bridgehead atoms. The van der Waals surface area contributed by atoms with E-state index >= 15 is 0 Å².